The van der Waals surface area contributed by atoms with Gasteiger partial charge in [-0.15, -0.1) is 0 Å². The molecule has 2 heterocycles. The Bertz CT molecular complexity index is 541. The topological polar surface area (TPSA) is 29.9 Å². The SMILES string of the molecule is CCn1c(C2CCCN2)nc2cc(Br)ccc21. The van der Waals surface area contributed by atoms with E-state index in [2.05, 4.69) is 50.9 Å². The molecule has 17 heavy (non-hydrogen) atoms. The van der Waals surface area contributed by atoms with Crippen molar-refractivity contribution in [2.24, 2.45) is 0 Å². The Hall–Kier alpha value is -0.870. The van der Waals surface area contributed by atoms with E-state index in [9.17, 15) is 0 Å². The lowest BCUT2D eigenvalue weighted by Crippen LogP contribution is -2.17. The van der Waals surface area contributed by atoms with Gasteiger partial charge in [-0.1, -0.05) is 15.9 Å². The van der Waals surface area contributed by atoms with Crippen molar-refractivity contribution in [1.29, 1.82) is 0 Å². The Morgan fingerprint density at radius 3 is 3.12 bits per heavy atom. The number of hydrogen-bond donors (Lipinski definition) is 1. The predicted octanol–water partition coefficient (Wildman–Crippen LogP) is 3.24. The van der Waals surface area contributed by atoms with E-state index in [1.54, 1.807) is 0 Å². The maximum Gasteiger partial charge on any atom is 0.127 e. The smallest absolute Gasteiger partial charge is 0.127 e. The molecule has 1 unspecified atom stereocenters. The monoisotopic (exact) mass is 293 g/mol. The second-order valence-corrected chi connectivity index (χ2v) is 5.41. The van der Waals surface area contributed by atoms with E-state index >= 15 is 0 Å². The van der Waals surface area contributed by atoms with E-state index in [0.29, 0.717) is 6.04 Å². The lowest BCUT2D eigenvalue weighted by Gasteiger charge is -2.12. The van der Waals surface area contributed by atoms with Crippen molar-refractivity contribution in [2.45, 2.75) is 32.4 Å². The molecule has 1 aromatic carbocycles. The van der Waals surface area contributed by atoms with Gasteiger partial charge in [0.05, 0.1) is 17.1 Å². The first-order chi connectivity index (χ1) is 8.29. The minimum Gasteiger partial charge on any atom is -0.327 e. The van der Waals surface area contributed by atoms with Crippen LogP contribution in [0.2, 0.25) is 0 Å². The number of halogens is 1. The Kier molecular flexibility index (Phi) is 2.92. The zero-order chi connectivity index (χ0) is 11.8. The van der Waals surface area contributed by atoms with Crippen molar-refractivity contribution in [3.8, 4) is 0 Å². The van der Waals surface area contributed by atoms with Gasteiger partial charge >= 0.3 is 0 Å². The number of nitrogens with zero attached hydrogens (tertiary/aromatic N) is 2. The van der Waals surface area contributed by atoms with Gasteiger partial charge in [-0.2, -0.15) is 0 Å². The third-order valence-electron chi connectivity index (χ3n) is 3.43. The molecule has 0 aliphatic carbocycles. The van der Waals surface area contributed by atoms with Crippen molar-refractivity contribution in [1.82, 2.24) is 14.9 Å². The van der Waals surface area contributed by atoms with Gasteiger partial charge in [0, 0.05) is 11.0 Å². The summed E-state index contributed by atoms with van der Waals surface area (Å²) in [4.78, 5) is 4.80. The summed E-state index contributed by atoms with van der Waals surface area (Å²) < 4.78 is 3.42. The maximum atomic E-state index is 4.80. The molecule has 1 N–H and O–H groups in total. The second kappa shape index (κ2) is 4.42. The van der Waals surface area contributed by atoms with Crippen LogP contribution in [0.3, 0.4) is 0 Å². The molecule has 1 aromatic heterocycles. The van der Waals surface area contributed by atoms with Crippen LogP contribution in [-0.2, 0) is 6.54 Å². The molecule has 4 heteroatoms. The summed E-state index contributed by atoms with van der Waals surface area (Å²) in [5.74, 6) is 1.19. The summed E-state index contributed by atoms with van der Waals surface area (Å²) in [5, 5.41) is 3.53. The third kappa shape index (κ3) is 1.89. The molecule has 0 bridgehead atoms. The Morgan fingerprint density at radius 1 is 1.53 bits per heavy atom. The van der Waals surface area contributed by atoms with Gasteiger partial charge in [0.1, 0.15) is 5.82 Å². The van der Waals surface area contributed by atoms with Crippen LogP contribution in [0.15, 0.2) is 22.7 Å². The number of nitrogens with one attached hydrogen (secondary N) is 1. The Balaban J connectivity index is 2.16. The molecular weight excluding hydrogens is 278 g/mol. The molecule has 1 fully saturated rings. The van der Waals surface area contributed by atoms with Crippen molar-refractivity contribution in [3.05, 3.63) is 28.5 Å². The molecule has 0 spiro atoms. The fraction of sp³-hybridized carbons (Fsp3) is 0.462. The average molecular weight is 294 g/mol. The van der Waals surface area contributed by atoms with Gasteiger partial charge < -0.3 is 9.88 Å². The number of rotatable bonds is 2. The highest BCUT2D eigenvalue weighted by molar-refractivity contribution is 9.10. The summed E-state index contributed by atoms with van der Waals surface area (Å²) >= 11 is 3.51. The second-order valence-electron chi connectivity index (χ2n) is 4.50. The zero-order valence-corrected chi connectivity index (χ0v) is 11.5. The van der Waals surface area contributed by atoms with E-state index in [0.717, 1.165) is 23.1 Å². The van der Waals surface area contributed by atoms with Crippen molar-refractivity contribution < 1.29 is 0 Å². The quantitative estimate of drug-likeness (QED) is 0.921. The van der Waals surface area contributed by atoms with Crippen LogP contribution in [0.5, 0.6) is 0 Å². The van der Waals surface area contributed by atoms with E-state index in [1.165, 1.54) is 24.2 Å². The summed E-state index contributed by atoms with van der Waals surface area (Å²) in [7, 11) is 0. The van der Waals surface area contributed by atoms with Crippen LogP contribution in [0, 0.1) is 0 Å². The maximum absolute atomic E-state index is 4.80. The highest BCUT2D eigenvalue weighted by Gasteiger charge is 2.22. The largest absolute Gasteiger partial charge is 0.327 e. The molecule has 1 aliphatic heterocycles. The normalized spacial score (nSPS) is 20.2. The third-order valence-corrected chi connectivity index (χ3v) is 3.92. The highest BCUT2D eigenvalue weighted by Crippen LogP contribution is 2.27. The van der Waals surface area contributed by atoms with E-state index in [1.807, 2.05) is 0 Å². The Labute approximate surface area is 109 Å². The van der Waals surface area contributed by atoms with Gasteiger partial charge in [0.2, 0.25) is 0 Å². The molecule has 1 saturated heterocycles. The van der Waals surface area contributed by atoms with Crippen LogP contribution >= 0.6 is 15.9 Å². The van der Waals surface area contributed by atoms with Crippen molar-refractivity contribution in [3.63, 3.8) is 0 Å². The summed E-state index contributed by atoms with van der Waals surface area (Å²) in [6.45, 7) is 4.27. The van der Waals surface area contributed by atoms with E-state index < -0.39 is 0 Å². The van der Waals surface area contributed by atoms with Crippen molar-refractivity contribution >= 4 is 27.0 Å². The lowest BCUT2D eigenvalue weighted by molar-refractivity contribution is 0.565. The minimum absolute atomic E-state index is 0.432. The van der Waals surface area contributed by atoms with Gasteiger partial charge in [-0.3, -0.25) is 0 Å². The summed E-state index contributed by atoms with van der Waals surface area (Å²) in [5.41, 5.74) is 2.32. The first kappa shape index (κ1) is 11.2. The van der Waals surface area contributed by atoms with E-state index in [-0.39, 0.29) is 0 Å². The minimum atomic E-state index is 0.432. The fourth-order valence-electron chi connectivity index (χ4n) is 2.62. The number of fused-ring (bicyclic) bond motifs is 1. The lowest BCUT2D eigenvalue weighted by atomic mass is 10.2. The molecule has 90 valence electrons. The molecule has 1 atom stereocenters. The molecule has 0 saturated carbocycles. The predicted molar refractivity (Wildman–Crippen MR) is 73.1 cm³/mol. The molecule has 3 nitrogen and oxygen atoms in total. The van der Waals surface area contributed by atoms with Gasteiger partial charge in [0.25, 0.3) is 0 Å². The van der Waals surface area contributed by atoms with E-state index in [4.69, 9.17) is 4.98 Å². The highest BCUT2D eigenvalue weighted by atomic mass is 79.9. The summed E-state index contributed by atoms with van der Waals surface area (Å²) in [6.07, 6.45) is 2.45. The van der Waals surface area contributed by atoms with Crippen molar-refractivity contribution in [2.75, 3.05) is 6.54 Å². The standard InChI is InChI=1S/C13H16BrN3/c1-2-17-12-6-5-9(14)8-11(12)16-13(17)10-4-3-7-15-10/h5-6,8,10,15H,2-4,7H2,1H3. The molecule has 0 radical (unpaired) electrons. The molecule has 2 aromatic rings. The number of imidazole rings is 1. The first-order valence-electron chi connectivity index (χ1n) is 6.18. The molecule has 0 amide bonds. The number of aromatic nitrogens is 2. The number of hydrogen-bond acceptors (Lipinski definition) is 2. The number of aryl methyl sites for hydroxylation is 1. The first-order valence-corrected chi connectivity index (χ1v) is 6.98. The van der Waals surface area contributed by atoms with Crippen LogP contribution in [0.4, 0.5) is 0 Å². The Morgan fingerprint density at radius 2 is 2.41 bits per heavy atom. The van der Waals surface area contributed by atoms with Crippen LogP contribution in [0.1, 0.15) is 31.6 Å². The molecule has 1 aliphatic rings. The molecular formula is C13H16BrN3. The average Bonchev–Trinajstić information content (AvgIpc) is 2.94. The number of benzene rings is 1. The van der Waals surface area contributed by atoms with Crippen LogP contribution in [-0.4, -0.2) is 16.1 Å². The fourth-order valence-corrected chi connectivity index (χ4v) is 2.97. The zero-order valence-electron chi connectivity index (χ0n) is 9.91. The molecule has 3 rings (SSSR count). The van der Waals surface area contributed by atoms with Gasteiger partial charge in [-0.25, -0.2) is 4.98 Å². The van der Waals surface area contributed by atoms with Crippen LogP contribution in [0.25, 0.3) is 11.0 Å². The summed E-state index contributed by atoms with van der Waals surface area (Å²) in [6, 6.07) is 6.76. The van der Waals surface area contributed by atoms with Gasteiger partial charge in [0.15, 0.2) is 0 Å². The van der Waals surface area contributed by atoms with Crippen LogP contribution < -0.4 is 5.32 Å². The van der Waals surface area contributed by atoms with Gasteiger partial charge in [-0.05, 0) is 44.5 Å².